The van der Waals surface area contributed by atoms with Crippen molar-refractivity contribution < 1.29 is 19.4 Å². The average molecular weight is 233 g/mol. The maximum Gasteiger partial charge on any atom is 0.377 e. The van der Waals surface area contributed by atoms with Gasteiger partial charge >= 0.3 is 5.97 Å². The second-order valence-electron chi connectivity index (χ2n) is 3.64. The van der Waals surface area contributed by atoms with Gasteiger partial charge in [0.1, 0.15) is 5.75 Å². The fourth-order valence-electron chi connectivity index (χ4n) is 1.86. The van der Waals surface area contributed by atoms with Gasteiger partial charge in [0.25, 0.3) is 5.78 Å². The number of fused-ring (bicyclic) bond motifs is 1. The van der Waals surface area contributed by atoms with E-state index in [1.54, 1.807) is 29.9 Å². The molecule has 0 saturated heterocycles. The summed E-state index contributed by atoms with van der Waals surface area (Å²) in [6, 6.07) is 4.77. The van der Waals surface area contributed by atoms with Crippen molar-refractivity contribution in [1.29, 1.82) is 0 Å². The predicted molar refractivity (Wildman–Crippen MR) is 61.4 cm³/mol. The Hall–Kier alpha value is -2.30. The Morgan fingerprint density at radius 2 is 2.00 bits per heavy atom. The number of carbonyl (C=O) groups excluding carboxylic acids is 1. The number of nitrogens with zero attached hydrogens (tertiary/aromatic N) is 1. The number of ketones is 1. The van der Waals surface area contributed by atoms with Gasteiger partial charge < -0.3 is 14.4 Å². The number of carboxylic acids is 1. The molecule has 0 unspecified atom stereocenters. The van der Waals surface area contributed by atoms with Gasteiger partial charge in [-0.15, -0.1) is 0 Å². The number of rotatable bonds is 3. The molecule has 0 aliphatic heterocycles. The molecule has 1 heterocycles. The molecule has 5 nitrogen and oxygen atoms in total. The molecule has 5 heteroatoms. The molecule has 88 valence electrons. The Labute approximate surface area is 97.2 Å². The van der Waals surface area contributed by atoms with Gasteiger partial charge in [-0.05, 0) is 18.2 Å². The molecule has 1 aromatic heterocycles. The third-order valence-corrected chi connectivity index (χ3v) is 2.66. The molecule has 0 amide bonds. The summed E-state index contributed by atoms with van der Waals surface area (Å²) in [7, 11) is 3.33. The summed E-state index contributed by atoms with van der Waals surface area (Å²) < 4.78 is 6.97. The number of methoxy groups -OCH3 is 1. The van der Waals surface area contributed by atoms with E-state index in [9.17, 15) is 9.59 Å². The van der Waals surface area contributed by atoms with Crippen LogP contribution in [-0.4, -0.2) is 28.5 Å². The number of hydrogen-bond acceptors (Lipinski definition) is 3. The lowest BCUT2D eigenvalue weighted by atomic mass is 10.1. The minimum Gasteiger partial charge on any atom is -0.495 e. The minimum absolute atomic E-state index is 0.175. The van der Waals surface area contributed by atoms with Crippen LogP contribution in [0.2, 0.25) is 0 Å². The molecule has 1 N–H and O–H groups in total. The Morgan fingerprint density at radius 3 is 2.59 bits per heavy atom. The molecule has 0 atom stereocenters. The molecule has 1 aromatic carbocycles. The predicted octanol–water partition coefficient (Wildman–Crippen LogP) is 1.45. The number of carboxylic acid groups (broad SMARTS) is 1. The van der Waals surface area contributed by atoms with Gasteiger partial charge in [0.2, 0.25) is 0 Å². The van der Waals surface area contributed by atoms with E-state index in [2.05, 4.69) is 0 Å². The highest BCUT2D eigenvalue weighted by atomic mass is 16.5. The van der Waals surface area contributed by atoms with E-state index in [-0.39, 0.29) is 5.56 Å². The molecule has 2 aromatic rings. The van der Waals surface area contributed by atoms with E-state index in [0.717, 1.165) is 0 Å². The highest BCUT2D eigenvalue weighted by molar-refractivity contribution is 6.42. The summed E-state index contributed by atoms with van der Waals surface area (Å²) in [5.74, 6) is -1.77. The van der Waals surface area contributed by atoms with Gasteiger partial charge in [-0.25, -0.2) is 4.79 Å². The number of aromatic nitrogens is 1. The first-order chi connectivity index (χ1) is 8.06. The molecule has 17 heavy (non-hydrogen) atoms. The van der Waals surface area contributed by atoms with E-state index in [4.69, 9.17) is 9.84 Å². The quantitative estimate of drug-likeness (QED) is 0.643. The summed E-state index contributed by atoms with van der Waals surface area (Å²) in [4.78, 5) is 22.2. The van der Waals surface area contributed by atoms with Crippen molar-refractivity contribution in [2.45, 2.75) is 0 Å². The van der Waals surface area contributed by atoms with Gasteiger partial charge in [0.15, 0.2) is 0 Å². The van der Waals surface area contributed by atoms with Crippen LogP contribution in [0.4, 0.5) is 0 Å². The molecule has 0 bridgehead atoms. The third kappa shape index (κ3) is 1.65. The first-order valence-corrected chi connectivity index (χ1v) is 4.96. The molecular weight excluding hydrogens is 222 g/mol. The van der Waals surface area contributed by atoms with Crippen LogP contribution in [0, 0.1) is 0 Å². The number of aryl methyl sites for hydroxylation is 1. The van der Waals surface area contributed by atoms with E-state index in [1.807, 2.05) is 0 Å². The van der Waals surface area contributed by atoms with Gasteiger partial charge in [-0.2, -0.15) is 0 Å². The maximum atomic E-state index is 11.5. The first-order valence-electron chi connectivity index (χ1n) is 4.96. The van der Waals surface area contributed by atoms with Crippen molar-refractivity contribution >= 4 is 22.7 Å². The largest absolute Gasteiger partial charge is 0.495 e. The van der Waals surface area contributed by atoms with Crippen LogP contribution in [0.25, 0.3) is 10.9 Å². The molecule has 0 spiro atoms. The monoisotopic (exact) mass is 233 g/mol. The first kappa shape index (κ1) is 11.2. The summed E-state index contributed by atoms with van der Waals surface area (Å²) >= 11 is 0. The van der Waals surface area contributed by atoms with Crippen molar-refractivity contribution in [2.75, 3.05) is 7.11 Å². The second-order valence-corrected chi connectivity index (χ2v) is 3.64. The van der Waals surface area contributed by atoms with Crippen molar-refractivity contribution in [3.63, 3.8) is 0 Å². The smallest absolute Gasteiger partial charge is 0.377 e. The standard InChI is InChI=1S/C12H11NO4/c1-13-6-5-7-8(11(14)12(15)16)3-4-9(17-2)10(7)13/h3-6H,1-2H3,(H,15,16). The van der Waals surface area contributed by atoms with E-state index in [0.29, 0.717) is 16.7 Å². The van der Waals surface area contributed by atoms with Crippen molar-refractivity contribution in [3.8, 4) is 5.75 Å². The zero-order valence-electron chi connectivity index (χ0n) is 9.43. The fourth-order valence-corrected chi connectivity index (χ4v) is 1.86. The molecule has 0 saturated carbocycles. The molecule has 0 fully saturated rings. The second kappa shape index (κ2) is 3.93. The van der Waals surface area contributed by atoms with Gasteiger partial charge in [-0.1, -0.05) is 0 Å². The molecule has 0 aliphatic carbocycles. The van der Waals surface area contributed by atoms with Gasteiger partial charge in [0.05, 0.1) is 12.6 Å². The fraction of sp³-hybridized carbons (Fsp3) is 0.167. The SMILES string of the molecule is COc1ccc(C(=O)C(=O)O)c2ccn(C)c12. The van der Waals surface area contributed by atoms with Crippen molar-refractivity contribution in [2.24, 2.45) is 7.05 Å². The van der Waals surface area contributed by atoms with Crippen molar-refractivity contribution in [1.82, 2.24) is 4.57 Å². The summed E-state index contributed by atoms with van der Waals surface area (Å²) in [6.45, 7) is 0. The summed E-state index contributed by atoms with van der Waals surface area (Å²) in [5, 5.41) is 9.32. The maximum absolute atomic E-state index is 11.5. The highest BCUT2D eigenvalue weighted by Crippen LogP contribution is 2.29. The topological polar surface area (TPSA) is 68.5 Å². The highest BCUT2D eigenvalue weighted by Gasteiger charge is 2.20. The Balaban J connectivity index is 2.76. The Kier molecular flexibility index (Phi) is 2.59. The molecule has 0 aliphatic rings. The lowest BCUT2D eigenvalue weighted by Crippen LogP contribution is -2.13. The van der Waals surface area contributed by atoms with E-state index in [1.165, 1.54) is 13.2 Å². The van der Waals surface area contributed by atoms with Crippen LogP contribution < -0.4 is 4.74 Å². The summed E-state index contributed by atoms with van der Waals surface area (Å²) in [5.41, 5.74) is 0.883. The zero-order chi connectivity index (χ0) is 12.6. The molecule has 2 rings (SSSR count). The van der Waals surface area contributed by atoms with Gasteiger partial charge in [-0.3, -0.25) is 4.79 Å². The van der Waals surface area contributed by atoms with Crippen LogP contribution in [0.1, 0.15) is 10.4 Å². The summed E-state index contributed by atoms with van der Waals surface area (Å²) in [6.07, 6.45) is 1.76. The average Bonchev–Trinajstić information content (AvgIpc) is 2.70. The van der Waals surface area contributed by atoms with Crippen molar-refractivity contribution in [3.05, 3.63) is 30.0 Å². The Bertz CT molecular complexity index is 612. The van der Waals surface area contributed by atoms with Crippen LogP contribution in [-0.2, 0) is 11.8 Å². The normalized spacial score (nSPS) is 10.5. The lowest BCUT2D eigenvalue weighted by molar-refractivity contribution is -0.131. The molecule has 0 radical (unpaired) electrons. The number of hydrogen-bond donors (Lipinski definition) is 1. The number of Topliss-reactive ketones (excluding diaryl/α,β-unsaturated/α-hetero) is 1. The lowest BCUT2D eigenvalue weighted by Gasteiger charge is -2.07. The van der Waals surface area contributed by atoms with Gasteiger partial charge in [0, 0.05) is 24.2 Å². The van der Waals surface area contributed by atoms with Crippen LogP contribution in [0.15, 0.2) is 24.4 Å². The third-order valence-electron chi connectivity index (χ3n) is 2.66. The number of aliphatic carboxylic acids is 1. The van der Waals surface area contributed by atoms with Crippen LogP contribution in [0.5, 0.6) is 5.75 Å². The minimum atomic E-state index is -1.46. The van der Waals surface area contributed by atoms with Crippen LogP contribution >= 0.6 is 0 Å². The van der Waals surface area contributed by atoms with E-state index < -0.39 is 11.8 Å². The Morgan fingerprint density at radius 1 is 1.29 bits per heavy atom. The molecular formula is C12H11NO4. The number of benzene rings is 1. The number of ether oxygens (including phenoxy) is 1. The van der Waals surface area contributed by atoms with E-state index >= 15 is 0 Å². The number of carbonyl (C=O) groups is 2. The zero-order valence-corrected chi connectivity index (χ0v) is 9.43. The van der Waals surface area contributed by atoms with Crippen LogP contribution in [0.3, 0.4) is 0 Å².